The number of rotatable bonds is 6. The molecule has 1 aromatic carbocycles. The molecule has 2 aliphatic heterocycles. The van der Waals surface area contributed by atoms with E-state index in [0.717, 1.165) is 6.29 Å². The van der Waals surface area contributed by atoms with Gasteiger partial charge in [-0.1, -0.05) is 12.1 Å². The monoisotopic (exact) mass is 376 g/mol. The first-order valence-electron chi connectivity index (χ1n) is 9.43. The van der Waals surface area contributed by atoms with Crippen molar-refractivity contribution in [3.63, 3.8) is 0 Å². The van der Waals surface area contributed by atoms with E-state index < -0.39 is 24.1 Å². The molecule has 6 nitrogen and oxygen atoms in total. The van der Waals surface area contributed by atoms with Crippen LogP contribution in [0.25, 0.3) is 0 Å². The maximum absolute atomic E-state index is 11.6. The highest BCUT2D eigenvalue weighted by molar-refractivity contribution is 6.64. The van der Waals surface area contributed by atoms with Crippen molar-refractivity contribution in [3.8, 4) is 5.75 Å². The Morgan fingerprint density at radius 2 is 1.81 bits per heavy atom. The second kappa shape index (κ2) is 7.20. The molecule has 7 heteroatoms. The molecule has 1 atom stereocenters. The van der Waals surface area contributed by atoms with E-state index >= 15 is 0 Å². The summed E-state index contributed by atoms with van der Waals surface area (Å²) in [5.41, 5.74) is 0.152. The predicted molar refractivity (Wildman–Crippen MR) is 103 cm³/mol. The fourth-order valence-corrected chi connectivity index (χ4v) is 3.21. The second-order valence-electron chi connectivity index (χ2n) is 8.55. The van der Waals surface area contributed by atoms with Gasteiger partial charge < -0.3 is 23.5 Å². The Morgan fingerprint density at radius 1 is 1.15 bits per heavy atom. The van der Waals surface area contributed by atoms with Crippen LogP contribution in [-0.2, 0) is 18.8 Å². The van der Waals surface area contributed by atoms with Crippen molar-refractivity contribution in [2.75, 3.05) is 13.2 Å². The average molecular weight is 376 g/mol. The fraction of sp³-hybridized carbons (Fsp3) is 0.650. The van der Waals surface area contributed by atoms with E-state index in [1.165, 1.54) is 0 Å². The van der Waals surface area contributed by atoms with Crippen molar-refractivity contribution in [3.05, 3.63) is 23.8 Å². The topological polar surface area (TPSA) is 63.2 Å². The smallest absolute Gasteiger partial charge is 0.494 e. The summed E-state index contributed by atoms with van der Waals surface area (Å²) in [4.78, 5) is 11.6. The zero-order chi connectivity index (χ0) is 19.9. The molecule has 0 radical (unpaired) electrons. The van der Waals surface area contributed by atoms with E-state index in [4.69, 9.17) is 23.5 Å². The van der Waals surface area contributed by atoms with Crippen LogP contribution in [0, 0.1) is 0 Å². The fourth-order valence-electron chi connectivity index (χ4n) is 3.21. The number of hydrogen-bond donors (Lipinski definition) is 0. The van der Waals surface area contributed by atoms with Crippen LogP contribution in [0.3, 0.4) is 0 Å². The van der Waals surface area contributed by atoms with Crippen LogP contribution >= 0.6 is 0 Å². The summed E-state index contributed by atoms with van der Waals surface area (Å²) in [6.07, 6.45) is 1.50. The number of aldehydes is 1. The number of ether oxygens (including phenoxy) is 3. The van der Waals surface area contributed by atoms with Crippen LogP contribution in [-0.4, -0.2) is 49.7 Å². The number of carbonyl (C=O) groups is 1. The summed E-state index contributed by atoms with van der Waals surface area (Å²) in [5, 5.41) is 0. The predicted octanol–water partition coefficient (Wildman–Crippen LogP) is 2.72. The molecule has 0 aliphatic carbocycles. The Kier molecular flexibility index (Phi) is 5.43. The van der Waals surface area contributed by atoms with E-state index in [2.05, 4.69) is 0 Å². The van der Waals surface area contributed by atoms with Gasteiger partial charge in [0.1, 0.15) is 12.0 Å². The van der Waals surface area contributed by atoms with E-state index in [-0.39, 0.29) is 6.10 Å². The lowest BCUT2D eigenvalue weighted by Gasteiger charge is -2.32. The molecule has 2 aliphatic rings. The van der Waals surface area contributed by atoms with Crippen molar-refractivity contribution < 1.29 is 28.3 Å². The zero-order valence-electron chi connectivity index (χ0n) is 17.0. The summed E-state index contributed by atoms with van der Waals surface area (Å²) in [6.45, 7) is 12.7. The first-order valence-corrected chi connectivity index (χ1v) is 9.43. The molecule has 2 heterocycles. The maximum atomic E-state index is 11.6. The molecule has 0 aromatic heterocycles. The SMILES string of the molecule is CC1(C)OC[C@H](CCOc2cccc(C=O)c2B2OC(C)(C)C(C)(C)O2)O1. The van der Waals surface area contributed by atoms with Gasteiger partial charge in [0.15, 0.2) is 5.79 Å². The van der Waals surface area contributed by atoms with Gasteiger partial charge in [-0.2, -0.15) is 0 Å². The molecule has 0 unspecified atom stereocenters. The van der Waals surface area contributed by atoms with Gasteiger partial charge in [-0.05, 0) is 47.6 Å². The van der Waals surface area contributed by atoms with Crippen molar-refractivity contribution in [1.29, 1.82) is 0 Å². The molecular formula is C20H29BO6. The van der Waals surface area contributed by atoms with E-state index in [0.29, 0.717) is 36.4 Å². The third kappa shape index (κ3) is 4.21. The van der Waals surface area contributed by atoms with Crippen molar-refractivity contribution in [2.24, 2.45) is 0 Å². The van der Waals surface area contributed by atoms with E-state index in [1.54, 1.807) is 12.1 Å². The standard InChI is InChI=1S/C20H29BO6/c1-18(2)19(3,4)27-21(26-18)17-14(12-22)8-7-9-16(17)23-11-10-15-13-24-20(5,6)25-15/h7-9,12,15H,10-11,13H2,1-6H3/t15-/m0/s1. The average Bonchev–Trinajstić information content (AvgIpc) is 3.02. The number of hydrogen-bond acceptors (Lipinski definition) is 6. The minimum Gasteiger partial charge on any atom is -0.494 e. The first kappa shape index (κ1) is 20.3. The van der Waals surface area contributed by atoms with Gasteiger partial charge in [0.25, 0.3) is 0 Å². The van der Waals surface area contributed by atoms with Gasteiger partial charge in [0.2, 0.25) is 0 Å². The lowest BCUT2D eigenvalue weighted by atomic mass is 9.75. The lowest BCUT2D eigenvalue weighted by molar-refractivity contribution is -0.139. The van der Waals surface area contributed by atoms with Crippen LogP contribution in [0.2, 0.25) is 0 Å². The van der Waals surface area contributed by atoms with Crippen LogP contribution in [0.1, 0.15) is 58.3 Å². The highest BCUT2D eigenvalue weighted by Gasteiger charge is 2.53. The quantitative estimate of drug-likeness (QED) is 0.562. The summed E-state index contributed by atoms with van der Waals surface area (Å²) < 4.78 is 29.7. The molecular weight excluding hydrogens is 347 g/mol. The Balaban J connectivity index is 1.74. The highest BCUT2D eigenvalue weighted by atomic mass is 16.7. The largest absolute Gasteiger partial charge is 0.499 e. The zero-order valence-corrected chi connectivity index (χ0v) is 17.0. The molecule has 0 bridgehead atoms. The van der Waals surface area contributed by atoms with Crippen LogP contribution in [0.5, 0.6) is 5.75 Å². The third-order valence-electron chi connectivity index (χ3n) is 5.48. The summed E-state index contributed by atoms with van der Waals surface area (Å²) in [6, 6.07) is 5.38. The molecule has 0 spiro atoms. The molecule has 148 valence electrons. The van der Waals surface area contributed by atoms with Gasteiger partial charge >= 0.3 is 7.12 Å². The minimum atomic E-state index is -0.656. The molecule has 3 rings (SSSR count). The Bertz CT molecular complexity index is 684. The molecule has 2 fully saturated rings. The van der Waals surface area contributed by atoms with Crippen LogP contribution in [0.15, 0.2) is 18.2 Å². The molecule has 27 heavy (non-hydrogen) atoms. The lowest BCUT2D eigenvalue weighted by Crippen LogP contribution is -2.41. The van der Waals surface area contributed by atoms with Crippen molar-refractivity contribution in [1.82, 2.24) is 0 Å². The maximum Gasteiger partial charge on any atom is 0.499 e. The molecule has 2 saturated heterocycles. The summed E-state index contributed by atoms with van der Waals surface area (Å²) in [7, 11) is -0.656. The Hall–Kier alpha value is -1.41. The van der Waals surface area contributed by atoms with Gasteiger partial charge in [0, 0.05) is 17.4 Å². The van der Waals surface area contributed by atoms with Crippen LogP contribution < -0.4 is 10.2 Å². The molecule has 0 amide bonds. The van der Waals surface area contributed by atoms with E-state index in [1.807, 2.05) is 47.6 Å². The van der Waals surface area contributed by atoms with Crippen molar-refractivity contribution >= 4 is 18.9 Å². The minimum absolute atomic E-state index is 0.00505. The second-order valence-corrected chi connectivity index (χ2v) is 8.55. The first-order chi connectivity index (χ1) is 12.5. The molecule has 0 N–H and O–H groups in total. The van der Waals surface area contributed by atoms with Gasteiger partial charge in [-0.15, -0.1) is 0 Å². The van der Waals surface area contributed by atoms with Crippen molar-refractivity contribution in [2.45, 2.75) is 71.1 Å². The van der Waals surface area contributed by atoms with Crippen LogP contribution in [0.4, 0.5) is 0 Å². The number of carbonyl (C=O) groups excluding carboxylic acids is 1. The Labute approximate surface area is 161 Å². The van der Waals surface area contributed by atoms with E-state index in [9.17, 15) is 4.79 Å². The molecule has 1 aromatic rings. The highest BCUT2D eigenvalue weighted by Crippen LogP contribution is 2.37. The molecule has 0 saturated carbocycles. The van der Waals surface area contributed by atoms with Gasteiger partial charge in [-0.3, -0.25) is 4.79 Å². The summed E-state index contributed by atoms with van der Waals surface area (Å²) in [5.74, 6) is 0.0481. The summed E-state index contributed by atoms with van der Waals surface area (Å²) >= 11 is 0. The normalized spacial score (nSPS) is 25.6. The number of benzene rings is 1. The van der Waals surface area contributed by atoms with Gasteiger partial charge in [-0.25, -0.2) is 0 Å². The van der Waals surface area contributed by atoms with Gasteiger partial charge in [0.05, 0.1) is 30.5 Å². The third-order valence-corrected chi connectivity index (χ3v) is 5.48. The Morgan fingerprint density at radius 3 is 2.37 bits per heavy atom.